The van der Waals surface area contributed by atoms with Gasteiger partial charge in [0.25, 0.3) is 0 Å². The number of benzene rings is 1. The van der Waals surface area contributed by atoms with E-state index >= 15 is 0 Å². The molecule has 16 heavy (non-hydrogen) atoms. The zero-order chi connectivity index (χ0) is 11.4. The topological polar surface area (TPSA) is 47.3 Å². The summed E-state index contributed by atoms with van der Waals surface area (Å²) in [5, 5.41) is 0. The van der Waals surface area contributed by atoms with E-state index in [9.17, 15) is 0 Å². The third-order valence-electron chi connectivity index (χ3n) is 3.31. The zero-order valence-corrected chi connectivity index (χ0v) is 9.78. The van der Waals surface area contributed by atoms with E-state index in [1.165, 1.54) is 18.4 Å². The summed E-state index contributed by atoms with van der Waals surface area (Å²) in [5.74, 6) is 7.28. The van der Waals surface area contributed by atoms with Crippen LogP contribution in [-0.4, -0.2) is 13.2 Å². The highest BCUT2D eigenvalue weighted by Gasteiger charge is 2.29. The minimum Gasteiger partial charge on any atom is -0.497 e. The van der Waals surface area contributed by atoms with Gasteiger partial charge in [-0.2, -0.15) is 0 Å². The van der Waals surface area contributed by atoms with E-state index in [1.807, 2.05) is 12.1 Å². The van der Waals surface area contributed by atoms with Gasteiger partial charge in [-0.3, -0.25) is 11.3 Å². The maximum absolute atomic E-state index is 5.55. The first-order valence-corrected chi connectivity index (χ1v) is 5.92. The predicted octanol–water partition coefficient (Wildman–Crippen LogP) is 1.87. The van der Waals surface area contributed by atoms with Crippen molar-refractivity contribution in [2.24, 2.45) is 11.8 Å². The largest absolute Gasteiger partial charge is 0.497 e. The lowest BCUT2D eigenvalue weighted by atomic mass is 10.0. The third kappa shape index (κ3) is 2.97. The van der Waals surface area contributed by atoms with Crippen molar-refractivity contribution in [3.63, 3.8) is 0 Å². The Hall–Kier alpha value is -1.06. The molecular formula is C13H20N2O. The van der Waals surface area contributed by atoms with E-state index in [-0.39, 0.29) is 0 Å². The Bertz CT molecular complexity index is 319. The van der Waals surface area contributed by atoms with Crippen molar-refractivity contribution in [2.75, 3.05) is 7.11 Å². The third-order valence-corrected chi connectivity index (χ3v) is 3.31. The fourth-order valence-electron chi connectivity index (χ4n) is 2.07. The SMILES string of the molecule is COc1ccc(CCC(NN)C2CC2)cc1. The van der Waals surface area contributed by atoms with Crippen molar-refractivity contribution in [1.29, 1.82) is 0 Å². The van der Waals surface area contributed by atoms with Crippen molar-refractivity contribution in [2.45, 2.75) is 31.7 Å². The van der Waals surface area contributed by atoms with Gasteiger partial charge in [0.05, 0.1) is 7.11 Å². The van der Waals surface area contributed by atoms with Gasteiger partial charge in [-0.05, 0) is 49.3 Å². The quantitative estimate of drug-likeness (QED) is 0.568. The molecule has 1 atom stereocenters. The molecule has 2 rings (SSSR count). The average Bonchev–Trinajstić information content (AvgIpc) is 3.15. The van der Waals surface area contributed by atoms with Gasteiger partial charge in [0.15, 0.2) is 0 Å². The van der Waals surface area contributed by atoms with Gasteiger partial charge in [0.1, 0.15) is 5.75 Å². The molecule has 0 saturated heterocycles. The molecule has 1 saturated carbocycles. The smallest absolute Gasteiger partial charge is 0.118 e. The van der Waals surface area contributed by atoms with E-state index in [4.69, 9.17) is 10.6 Å². The van der Waals surface area contributed by atoms with Gasteiger partial charge in [0, 0.05) is 6.04 Å². The Kier molecular flexibility index (Phi) is 3.80. The minimum atomic E-state index is 0.488. The van der Waals surface area contributed by atoms with Gasteiger partial charge in [0.2, 0.25) is 0 Å². The fraction of sp³-hybridized carbons (Fsp3) is 0.538. The maximum atomic E-state index is 5.55. The highest BCUT2D eigenvalue weighted by Crippen LogP contribution is 2.34. The van der Waals surface area contributed by atoms with Gasteiger partial charge >= 0.3 is 0 Å². The molecule has 3 heteroatoms. The van der Waals surface area contributed by atoms with Crippen molar-refractivity contribution in [3.05, 3.63) is 29.8 Å². The van der Waals surface area contributed by atoms with Gasteiger partial charge in [-0.1, -0.05) is 12.1 Å². The molecule has 1 fully saturated rings. The molecule has 88 valence electrons. The van der Waals surface area contributed by atoms with E-state index in [2.05, 4.69) is 17.6 Å². The first-order valence-electron chi connectivity index (χ1n) is 5.92. The number of nitrogens with one attached hydrogen (secondary N) is 1. The molecule has 1 aliphatic carbocycles. The summed E-state index contributed by atoms with van der Waals surface area (Å²) in [5.41, 5.74) is 4.28. The van der Waals surface area contributed by atoms with Crippen LogP contribution >= 0.6 is 0 Å². The fourth-order valence-corrected chi connectivity index (χ4v) is 2.07. The summed E-state index contributed by atoms with van der Waals surface area (Å²) in [6.45, 7) is 0. The number of rotatable bonds is 6. The van der Waals surface area contributed by atoms with Crippen LogP contribution in [0.5, 0.6) is 5.75 Å². The van der Waals surface area contributed by atoms with Crippen LogP contribution in [0.15, 0.2) is 24.3 Å². The molecule has 1 aromatic rings. The Labute approximate surface area is 97.0 Å². The summed E-state index contributed by atoms with van der Waals surface area (Å²) in [6.07, 6.45) is 4.86. The lowest BCUT2D eigenvalue weighted by Gasteiger charge is -2.14. The molecule has 0 aromatic heterocycles. The lowest BCUT2D eigenvalue weighted by molar-refractivity contribution is 0.414. The predicted molar refractivity (Wildman–Crippen MR) is 65.2 cm³/mol. The number of aryl methyl sites for hydroxylation is 1. The molecule has 0 spiro atoms. The molecule has 0 radical (unpaired) electrons. The Morgan fingerprint density at radius 1 is 1.38 bits per heavy atom. The highest BCUT2D eigenvalue weighted by molar-refractivity contribution is 5.27. The average molecular weight is 220 g/mol. The van der Waals surface area contributed by atoms with Crippen LogP contribution in [0.3, 0.4) is 0 Å². The van der Waals surface area contributed by atoms with Gasteiger partial charge < -0.3 is 4.74 Å². The molecule has 1 aromatic carbocycles. The van der Waals surface area contributed by atoms with Crippen LogP contribution in [-0.2, 0) is 6.42 Å². The van der Waals surface area contributed by atoms with Crippen LogP contribution in [0, 0.1) is 5.92 Å². The summed E-state index contributed by atoms with van der Waals surface area (Å²) in [4.78, 5) is 0. The van der Waals surface area contributed by atoms with Gasteiger partial charge in [-0.15, -0.1) is 0 Å². The highest BCUT2D eigenvalue weighted by atomic mass is 16.5. The number of ether oxygens (including phenoxy) is 1. The van der Waals surface area contributed by atoms with Crippen LogP contribution in [0.1, 0.15) is 24.8 Å². The van der Waals surface area contributed by atoms with E-state index in [1.54, 1.807) is 7.11 Å². The van der Waals surface area contributed by atoms with Crippen LogP contribution in [0.2, 0.25) is 0 Å². The van der Waals surface area contributed by atoms with Crippen LogP contribution < -0.4 is 16.0 Å². The minimum absolute atomic E-state index is 0.488. The molecule has 1 aliphatic rings. The van der Waals surface area contributed by atoms with Crippen molar-refractivity contribution in [1.82, 2.24) is 5.43 Å². The van der Waals surface area contributed by atoms with Crippen LogP contribution in [0.25, 0.3) is 0 Å². The van der Waals surface area contributed by atoms with Gasteiger partial charge in [-0.25, -0.2) is 0 Å². The zero-order valence-electron chi connectivity index (χ0n) is 9.78. The molecule has 3 nitrogen and oxygen atoms in total. The number of methoxy groups -OCH3 is 1. The normalized spacial score (nSPS) is 17.1. The Balaban J connectivity index is 1.83. The second-order valence-corrected chi connectivity index (χ2v) is 4.50. The lowest BCUT2D eigenvalue weighted by Crippen LogP contribution is -2.37. The summed E-state index contributed by atoms with van der Waals surface area (Å²) in [6, 6.07) is 8.76. The number of nitrogens with two attached hydrogens (primary N) is 1. The summed E-state index contributed by atoms with van der Waals surface area (Å²) in [7, 11) is 1.69. The van der Waals surface area contributed by atoms with E-state index < -0.39 is 0 Å². The molecule has 0 bridgehead atoms. The second kappa shape index (κ2) is 5.32. The number of hydrogen-bond donors (Lipinski definition) is 2. The first-order chi connectivity index (χ1) is 7.83. The van der Waals surface area contributed by atoms with Crippen molar-refractivity contribution < 1.29 is 4.74 Å². The maximum Gasteiger partial charge on any atom is 0.118 e. The standard InChI is InChI=1S/C13H20N2O/c1-16-12-7-2-10(3-8-12)4-9-13(15-14)11-5-6-11/h2-3,7-8,11,13,15H,4-6,9,14H2,1H3. The first kappa shape index (κ1) is 11.4. The molecule has 1 unspecified atom stereocenters. The Morgan fingerprint density at radius 2 is 2.06 bits per heavy atom. The summed E-state index contributed by atoms with van der Waals surface area (Å²) >= 11 is 0. The van der Waals surface area contributed by atoms with Crippen molar-refractivity contribution >= 4 is 0 Å². The second-order valence-electron chi connectivity index (χ2n) is 4.50. The van der Waals surface area contributed by atoms with E-state index in [0.29, 0.717) is 6.04 Å². The van der Waals surface area contributed by atoms with Crippen molar-refractivity contribution in [3.8, 4) is 5.75 Å². The number of hydrazine groups is 1. The molecule has 3 N–H and O–H groups in total. The monoisotopic (exact) mass is 220 g/mol. The molecular weight excluding hydrogens is 200 g/mol. The van der Waals surface area contributed by atoms with E-state index in [0.717, 1.165) is 24.5 Å². The van der Waals surface area contributed by atoms with Crippen LogP contribution in [0.4, 0.5) is 0 Å². The number of hydrogen-bond acceptors (Lipinski definition) is 3. The molecule has 0 aliphatic heterocycles. The molecule has 0 amide bonds. The Morgan fingerprint density at radius 3 is 2.56 bits per heavy atom. The summed E-state index contributed by atoms with van der Waals surface area (Å²) < 4.78 is 5.13. The molecule has 0 heterocycles.